The minimum atomic E-state index is -0.193. The molecule has 0 unspecified atom stereocenters. The van der Waals surface area contributed by atoms with Crippen LogP contribution in [0.3, 0.4) is 0 Å². The van der Waals surface area contributed by atoms with Gasteiger partial charge in [-0.2, -0.15) is 0 Å². The Morgan fingerprint density at radius 3 is 1.86 bits per heavy atom. The Morgan fingerprint density at radius 1 is 0.542 bits per heavy atom. The van der Waals surface area contributed by atoms with Gasteiger partial charge in [0.1, 0.15) is 11.2 Å². The third-order valence-electron chi connectivity index (χ3n) is 12.9. The zero-order valence-electron chi connectivity index (χ0n) is 33.8. The smallest absolute Gasteiger partial charge is 0.144 e. The highest BCUT2D eigenvalue weighted by atomic mass is 16.3. The van der Waals surface area contributed by atoms with Crippen molar-refractivity contribution in [2.45, 2.75) is 33.1 Å². The van der Waals surface area contributed by atoms with Crippen molar-refractivity contribution in [1.29, 1.82) is 0 Å². The number of hydrogen-bond acceptors (Lipinski definition) is 2. The molecule has 0 spiro atoms. The van der Waals surface area contributed by atoms with Crippen molar-refractivity contribution < 1.29 is 4.42 Å². The number of furan rings is 1. The van der Waals surface area contributed by atoms with Crippen molar-refractivity contribution in [2.24, 2.45) is 0 Å². The molecule has 1 heterocycles. The molecule has 0 saturated heterocycles. The number of benzene rings is 9. The summed E-state index contributed by atoms with van der Waals surface area (Å²) in [5, 5.41) is 9.87. The highest BCUT2D eigenvalue weighted by Crippen LogP contribution is 2.57. The SMILES string of the molecule is C/C=C(\C1=C(C)C(C)(C)c2c1c1oc3cc(N(c4ccccc4)c4ccc(-c5cc6ccccc6c6ccccc56)cc4)ccc3c1c1ccccc21)c1ccccc1. The standard InChI is InChI=1S/C57H43NO/c1-5-43(37-18-8-6-9-19-37)52-36(2)57(3,4)55-48-27-17-16-26-47(48)53-49-33-32-42(35-51(49)59-56(53)54(52)55)58(40-21-10-7-11-22-40)41-30-28-38(29-31-41)50-34-39-20-12-13-23-44(39)45-24-14-15-25-46(45)50/h5-35H,1-4H3/b43-5-. The van der Waals surface area contributed by atoms with Crippen molar-refractivity contribution >= 4 is 82.5 Å². The minimum absolute atomic E-state index is 0.193. The second-order valence-electron chi connectivity index (χ2n) is 16.4. The van der Waals surface area contributed by atoms with E-state index in [1.807, 2.05) is 0 Å². The molecule has 0 N–H and O–H groups in total. The van der Waals surface area contributed by atoms with E-state index in [4.69, 9.17) is 4.42 Å². The second kappa shape index (κ2) is 13.5. The van der Waals surface area contributed by atoms with Crippen LogP contribution >= 0.6 is 0 Å². The molecule has 2 nitrogen and oxygen atoms in total. The zero-order valence-corrected chi connectivity index (χ0v) is 33.8. The molecule has 10 aromatic rings. The van der Waals surface area contributed by atoms with E-state index in [2.05, 4.69) is 221 Å². The van der Waals surface area contributed by atoms with Crippen LogP contribution in [0.1, 0.15) is 44.4 Å². The normalized spacial score (nSPS) is 13.9. The molecule has 1 aliphatic rings. The molecule has 9 aromatic carbocycles. The second-order valence-corrected chi connectivity index (χ2v) is 16.4. The van der Waals surface area contributed by atoms with E-state index in [-0.39, 0.29) is 5.41 Å². The summed E-state index contributed by atoms with van der Waals surface area (Å²) in [4.78, 5) is 2.34. The molecular formula is C57H43NO. The summed E-state index contributed by atoms with van der Waals surface area (Å²) in [6.07, 6.45) is 2.27. The lowest BCUT2D eigenvalue weighted by molar-refractivity contribution is 0.639. The zero-order chi connectivity index (χ0) is 39.8. The molecule has 59 heavy (non-hydrogen) atoms. The Morgan fingerprint density at radius 2 is 1.14 bits per heavy atom. The highest BCUT2D eigenvalue weighted by Gasteiger charge is 2.41. The average Bonchev–Trinajstić information content (AvgIpc) is 3.76. The molecule has 2 heteroatoms. The van der Waals surface area contributed by atoms with Crippen LogP contribution < -0.4 is 4.90 Å². The van der Waals surface area contributed by atoms with Crippen LogP contribution in [0.15, 0.2) is 198 Å². The third kappa shape index (κ3) is 5.33. The van der Waals surface area contributed by atoms with Crippen LogP contribution in [0.4, 0.5) is 17.1 Å². The fourth-order valence-corrected chi connectivity index (χ4v) is 9.93. The largest absolute Gasteiger partial charge is 0.455 e. The molecule has 0 radical (unpaired) electrons. The fraction of sp³-hybridized carbons (Fsp3) is 0.0877. The Bertz CT molecular complexity index is 3350. The number of allylic oxidation sites excluding steroid dienone is 4. The lowest BCUT2D eigenvalue weighted by Crippen LogP contribution is -2.16. The van der Waals surface area contributed by atoms with Crippen LogP contribution in [0.25, 0.3) is 76.5 Å². The van der Waals surface area contributed by atoms with E-state index in [1.165, 1.54) is 82.2 Å². The molecule has 0 bridgehead atoms. The summed E-state index contributed by atoms with van der Waals surface area (Å²) < 4.78 is 7.23. The maximum atomic E-state index is 7.23. The molecular weight excluding hydrogens is 715 g/mol. The van der Waals surface area contributed by atoms with E-state index in [9.17, 15) is 0 Å². The van der Waals surface area contributed by atoms with Crippen LogP contribution in [0, 0.1) is 0 Å². The third-order valence-corrected chi connectivity index (χ3v) is 12.9. The van der Waals surface area contributed by atoms with E-state index in [0.717, 1.165) is 33.6 Å². The quantitative estimate of drug-likeness (QED) is 0.157. The van der Waals surface area contributed by atoms with Crippen molar-refractivity contribution in [3.63, 3.8) is 0 Å². The summed E-state index contributed by atoms with van der Waals surface area (Å²) in [6, 6.07) is 65.9. The Kier molecular flexibility index (Phi) is 8.00. The number of anilines is 3. The van der Waals surface area contributed by atoms with Gasteiger partial charge in [-0.3, -0.25) is 0 Å². The van der Waals surface area contributed by atoms with Crippen LogP contribution in [0.2, 0.25) is 0 Å². The number of fused-ring (bicyclic) bond motifs is 11. The summed E-state index contributed by atoms with van der Waals surface area (Å²) in [5.74, 6) is 0. The van der Waals surface area contributed by atoms with Gasteiger partial charge in [0.05, 0.1) is 0 Å². The first-order chi connectivity index (χ1) is 28.9. The maximum absolute atomic E-state index is 7.23. The lowest BCUT2D eigenvalue weighted by Gasteiger charge is -2.25. The van der Waals surface area contributed by atoms with Crippen LogP contribution in [-0.4, -0.2) is 0 Å². The van der Waals surface area contributed by atoms with Crippen LogP contribution in [0.5, 0.6) is 0 Å². The maximum Gasteiger partial charge on any atom is 0.144 e. The summed E-state index contributed by atoms with van der Waals surface area (Å²) in [5.41, 5.74) is 14.9. The molecule has 0 atom stereocenters. The van der Waals surface area contributed by atoms with E-state index in [1.54, 1.807) is 0 Å². The van der Waals surface area contributed by atoms with Gasteiger partial charge in [-0.1, -0.05) is 159 Å². The molecule has 0 fully saturated rings. The Labute approximate surface area is 345 Å². The van der Waals surface area contributed by atoms with Gasteiger partial charge in [0.25, 0.3) is 0 Å². The predicted octanol–water partition coefficient (Wildman–Crippen LogP) is 16.4. The number of para-hydroxylation sites is 1. The van der Waals surface area contributed by atoms with Gasteiger partial charge in [0.15, 0.2) is 0 Å². The minimum Gasteiger partial charge on any atom is -0.455 e. The van der Waals surface area contributed by atoms with Crippen molar-refractivity contribution in [2.75, 3.05) is 4.90 Å². The molecule has 0 aliphatic heterocycles. The van der Waals surface area contributed by atoms with E-state index in [0.29, 0.717) is 0 Å². The molecule has 282 valence electrons. The van der Waals surface area contributed by atoms with Gasteiger partial charge in [-0.15, -0.1) is 0 Å². The van der Waals surface area contributed by atoms with E-state index >= 15 is 0 Å². The number of rotatable bonds is 6. The van der Waals surface area contributed by atoms with Gasteiger partial charge in [0, 0.05) is 44.9 Å². The van der Waals surface area contributed by atoms with Crippen molar-refractivity contribution in [3.8, 4) is 11.1 Å². The Hall–Kier alpha value is -7.16. The first-order valence-electron chi connectivity index (χ1n) is 20.6. The van der Waals surface area contributed by atoms with Gasteiger partial charge in [-0.05, 0) is 122 Å². The fourth-order valence-electron chi connectivity index (χ4n) is 9.93. The highest BCUT2D eigenvalue weighted by molar-refractivity contribution is 6.27. The average molecular weight is 758 g/mol. The van der Waals surface area contributed by atoms with E-state index < -0.39 is 0 Å². The molecule has 1 aromatic heterocycles. The first-order valence-corrected chi connectivity index (χ1v) is 20.6. The first kappa shape index (κ1) is 35.0. The number of hydrogen-bond donors (Lipinski definition) is 0. The molecule has 0 saturated carbocycles. The summed E-state index contributed by atoms with van der Waals surface area (Å²) >= 11 is 0. The summed E-state index contributed by atoms with van der Waals surface area (Å²) in [7, 11) is 0. The molecule has 0 amide bonds. The molecule has 11 rings (SSSR count). The lowest BCUT2D eigenvalue weighted by atomic mass is 9.79. The van der Waals surface area contributed by atoms with Crippen LogP contribution in [-0.2, 0) is 5.41 Å². The predicted molar refractivity (Wildman–Crippen MR) is 252 cm³/mol. The van der Waals surface area contributed by atoms with Gasteiger partial charge < -0.3 is 9.32 Å². The van der Waals surface area contributed by atoms with Gasteiger partial charge in [-0.25, -0.2) is 0 Å². The topological polar surface area (TPSA) is 16.4 Å². The molecule has 1 aliphatic carbocycles. The van der Waals surface area contributed by atoms with Gasteiger partial charge >= 0.3 is 0 Å². The number of nitrogens with zero attached hydrogens (tertiary/aromatic N) is 1. The van der Waals surface area contributed by atoms with Gasteiger partial charge in [0.2, 0.25) is 0 Å². The van der Waals surface area contributed by atoms with Crippen molar-refractivity contribution in [3.05, 3.63) is 210 Å². The monoisotopic (exact) mass is 757 g/mol. The Balaban J connectivity index is 1.10. The van der Waals surface area contributed by atoms with Crippen molar-refractivity contribution in [1.82, 2.24) is 0 Å². The summed E-state index contributed by atoms with van der Waals surface area (Å²) in [6.45, 7) is 9.22.